The number of nitrogens with two attached hydrogens (primary N) is 1. The second-order valence-corrected chi connectivity index (χ2v) is 7.45. The van der Waals surface area contributed by atoms with Gasteiger partial charge >= 0.3 is 0 Å². The summed E-state index contributed by atoms with van der Waals surface area (Å²) in [5.41, 5.74) is 6.50. The van der Waals surface area contributed by atoms with Crippen LogP contribution in [0.4, 0.5) is 0 Å². The fourth-order valence-electron chi connectivity index (χ4n) is 4.68. The molecule has 0 aromatic rings. The van der Waals surface area contributed by atoms with Gasteiger partial charge < -0.3 is 10.6 Å². The Balaban J connectivity index is 2.10. The molecule has 1 saturated carbocycles. The second-order valence-electron chi connectivity index (χ2n) is 7.45. The van der Waals surface area contributed by atoms with Crippen LogP contribution in [0.25, 0.3) is 0 Å². The zero-order valence-electron chi connectivity index (χ0n) is 13.4. The number of likely N-dealkylation sites (tertiary alicyclic amines) is 1. The fourth-order valence-corrected chi connectivity index (χ4v) is 4.68. The molecular weight excluding hydrogens is 234 g/mol. The molecule has 0 aromatic carbocycles. The first kappa shape index (κ1) is 15.3. The first-order valence-electron chi connectivity index (χ1n) is 8.08. The molecule has 1 saturated heterocycles. The largest absolute Gasteiger partial charge is 0.329 e. The van der Waals surface area contributed by atoms with Crippen LogP contribution in [0.2, 0.25) is 0 Å². The van der Waals surface area contributed by atoms with Gasteiger partial charge in [-0.2, -0.15) is 0 Å². The maximum atomic E-state index is 6.25. The van der Waals surface area contributed by atoms with Gasteiger partial charge in [-0.3, -0.25) is 4.90 Å². The van der Waals surface area contributed by atoms with E-state index >= 15 is 0 Å². The summed E-state index contributed by atoms with van der Waals surface area (Å²) in [5.74, 6) is 1.63. The molecule has 3 unspecified atom stereocenters. The quantitative estimate of drug-likeness (QED) is 0.850. The molecule has 2 aliphatic rings. The molecule has 0 radical (unpaired) electrons. The maximum Gasteiger partial charge on any atom is 0.0337 e. The molecule has 0 bridgehead atoms. The topological polar surface area (TPSA) is 32.5 Å². The van der Waals surface area contributed by atoms with Gasteiger partial charge in [-0.1, -0.05) is 13.8 Å². The van der Waals surface area contributed by atoms with Crippen molar-refractivity contribution in [1.29, 1.82) is 0 Å². The van der Waals surface area contributed by atoms with Crippen molar-refractivity contribution in [2.75, 3.05) is 33.7 Å². The maximum absolute atomic E-state index is 6.25. The van der Waals surface area contributed by atoms with Crippen LogP contribution in [-0.4, -0.2) is 55.1 Å². The number of nitrogens with zero attached hydrogens (tertiary/aromatic N) is 2. The summed E-state index contributed by atoms with van der Waals surface area (Å²) in [6.07, 6.45) is 6.61. The molecule has 112 valence electrons. The Hall–Kier alpha value is -0.120. The molecule has 1 heterocycles. The minimum atomic E-state index is 0.250. The predicted molar refractivity (Wildman–Crippen MR) is 82.2 cm³/mol. The van der Waals surface area contributed by atoms with Gasteiger partial charge in [0.15, 0.2) is 0 Å². The minimum Gasteiger partial charge on any atom is -0.329 e. The second kappa shape index (κ2) is 6.11. The van der Waals surface area contributed by atoms with E-state index in [1.807, 2.05) is 0 Å². The predicted octanol–water partition coefficient (Wildman–Crippen LogP) is 2.17. The molecule has 19 heavy (non-hydrogen) atoms. The molecule has 3 atom stereocenters. The van der Waals surface area contributed by atoms with Crippen molar-refractivity contribution < 1.29 is 0 Å². The average molecular weight is 267 g/mol. The average Bonchev–Trinajstić information content (AvgIpc) is 2.36. The van der Waals surface area contributed by atoms with Gasteiger partial charge in [0.2, 0.25) is 0 Å². The molecule has 0 amide bonds. The molecule has 0 aromatic heterocycles. The Morgan fingerprint density at radius 1 is 1.26 bits per heavy atom. The summed E-state index contributed by atoms with van der Waals surface area (Å²) < 4.78 is 0. The summed E-state index contributed by atoms with van der Waals surface area (Å²) in [7, 11) is 4.59. The zero-order valence-corrected chi connectivity index (χ0v) is 13.4. The lowest BCUT2D eigenvalue weighted by molar-refractivity contribution is -0.0113. The van der Waals surface area contributed by atoms with E-state index in [1.54, 1.807) is 0 Å². The number of hydrogen-bond acceptors (Lipinski definition) is 3. The van der Waals surface area contributed by atoms with Crippen molar-refractivity contribution in [1.82, 2.24) is 9.80 Å². The van der Waals surface area contributed by atoms with Crippen molar-refractivity contribution in [2.24, 2.45) is 17.6 Å². The summed E-state index contributed by atoms with van der Waals surface area (Å²) >= 11 is 0. The first-order chi connectivity index (χ1) is 8.97. The highest BCUT2D eigenvalue weighted by Crippen LogP contribution is 2.40. The van der Waals surface area contributed by atoms with Crippen molar-refractivity contribution in [3.63, 3.8) is 0 Å². The number of likely N-dealkylation sites (N-methyl/N-ethyl adjacent to an activating group) is 2. The van der Waals surface area contributed by atoms with Crippen molar-refractivity contribution >= 4 is 0 Å². The SMILES string of the molecule is CC1CC(C)CC(CN)(N(C)C2CCCN(C)C2)C1. The molecule has 1 aliphatic carbocycles. The third-order valence-electron chi connectivity index (χ3n) is 5.54. The summed E-state index contributed by atoms with van der Waals surface area (Å²) in [6, 6.07) is 0.694. The molecular formula is C16H33N3. The van der Waals surface area contributed by atoms with Crippen LogP contribution >= 0.6 is 0 Å². The lowest BCUT2D eigenvalue weighted by Gasteiger charge is -2.52. The van der Waals surface area contributed by atoms with Gasteiger partial charge in [-0.25, -0.2) is 0 Å². The van der Waals surface area contributed by atoms with Crippen LogP contribution in [0.3, 0.4) is 0 Å². The molecule has 0 spiro atoms. The van der Waals surface area contributed by atoms with E-state index in [4.69, 9.17) is 5.73 Å². The Morgan fingerprint density at radius 3 is 2.42 bits per heavy atom. The van der Waals surface area contributed by atoms with E-state index in [2.05, 4.69) is 37.7 Å². The Bertz CT molecular complexity index is 282. The summed E-state index contributed by atoms with van der Waals surface area (Å²) in [5, 5.41) is 0. The summed E-state index contributed by atoms with van der Waals surface area (Å²) in [6.45, 7) is 8.09. The van der Waals surface area contributed by atoms with Gasteiger partial charge in [0.25, 0.3) is 0 Å². The Morgan fingerprint density at radius 2 is 1.89 bits per heavy atom. The van der Waals surface area contributed by atoms with E-state index < -0.39 is 0 Å². The molecule has 3 heteroatoms. The standard InChI is InChI=1S/C16H33N3/c1-13-8-14(2)10-16(9-13,12-17)19(4)15-6-5-7-18(3)11-15/h13-15H,5-12,17H2,1-4H3. The Kier molecular flexibility index (Phi) is 4.91. The van der Waals surface area contributed by atoms with Crippen molar-refractivity contribution in [2.45, 2.75) is 57.5 Å². The van der Waals surface area contributed by atoms with E-state index in [9.17, 15) is 0 Å². The number of piperidine rings is 1. The normalized spacial score (nSPS) is 41.7. The highest BCUT2D eigenvalue weighted by molar-refractivity contribution is 4.99. The van der Waals surface area contributed by atoms with E-state index in [1.165, 1.54) is 45.2 Å². The van der Waals surface area contributed by atoms with Crippen LogP contribution in [0.1, 0.15) is 46.0 Å². The molecule has 2 fully saturated rings. The molecule has 1 aliphatic heterocycles. The van der Waals surface area contributed by atoms with Gasteiger partial charge in [0.05, 0.1) is 0 Å². The molecule has 3 nitrogen and oxygen atoms in total. The van der Waals surface area contributed by atoms with Crippen molar-refractivity contribution in [3.05, 3.63) is 0 Å². The van der Waals surface area contributed by atoms with Crippen LogP contribution in [0.5, 0.6) is 0 Å². The van der Waals surface area contributed by atoms with Crippen LogP contribution < -0.4 is 5.73 Å². The molecule has 2 rings (SSSR count). The zero-order chi connectivity index (χ0) is 14.0. The van der Waals surface area contributed by atoms with Gasteiger partial charge in [0.1, 0.15) is 0 Å². The third-order valence-corrected chi connectivity index (χ3v) is 5.54. The van der Waals surface area contributed by atoms with Crippen LogP contribution in [0.15, 0.2) is 0 Å². The van der Waals surface area contributed by atoms with Crippen molar-refractivity contribution in [3.8, 4) is 0 Å². The van der Waals surface area contributed by atoms with Gasteiger partial charge in [-0.15, -0.1) is 0 Å². The highest BCUT2D eigenvalue weighted by atomic mass is 15.3. The van der Waals surface area contributed by atoms with Gasteiger partial charge in [0, 0.05) is 24.7 Å². The van der Waals surface area contributed by atoms with E-state index in [-0.39, 0.29) is 5.54 Å². The van der Waals surface area contributed by atoms with Crippen LogP contribution in [0, 0.1) is 11.8 Å². The van der Waals surface area contributed by atoms with E-state index in [0.717, 1.165) is 18.4 Å². The lowest BCUT2D eigenvalue weighted by atomic mass is 9.70. The monoisotopic (exact) mass is 267 g/mol. The first-order valence-corrected chi connectivity index (χ1v) is 8.08. The third kappa shape index (κ3) is 3.32. The highest BCUT2D eigenvalue weighted by Gasteiger charge is 2.42. The minimum absolute atomic E-state index is 0.250. The number of rotatable bonds is 3. The van der Waals surface area contributed by atoms with Crippen LogP contribution in [-0.2, 0) is 0 Å². The smallest absolute Gasteiger partial charge is 0.0337 e. The van der Waals surface area contributed by atoms with E-state index in [0.29, 0.717) is 6.04 Å². The molecule has 2 N–H and O–H groups in total. The Labute approximate surface area is 119 Å². The van der Waals surface area contributed by atoms with Gasteiger partial charge in [-0.05, 0) is 64.6 Å². The number of hydrogen-bond donors (Lipinski definition) is 1. The summed E-state index contributed by atoms with van der Waals surface area (Å²) in [4.78, 5) is 5.14. The fraction of sp³-hybridized carbons (Fsp3) is 1.00. The lowest BCUT2D eigenvalue weighted by Crippen LogP contribution is -2.61.